The Kier molecular flexibility index (Phi) is 4.92. The molecule has 0 radical (unpaired) electrons. The minimum atomic E-state index is -0.266. The smallest absolute Gasteiger partial charge is 0.229 e. The summed E-state index contributed by atoms with van der Waals surface area (Å²) in [6.45, 7) is 3.08. The van der Waals surface area contributed by atoms with E-state index in [1.165, 1.54) is 23.1 Å². The number of hydrogen-bond acceptors (Lipinski definition) is 6. The summed E-state index contributed by atoms with van der Waals surface area (Å²) >= 11 is 3.02. The lowest BCUT2D eigenvalue weighted by Crippen LogP contribution is -2.28. The zero-order chi connectivity index (χ0) is 16.2. The van der Waals surface area contributed by atoms with Gasteiger partial charge < -0.3 is 10.2 Å². The van der Waals surface area contributed by atoms with E-state index in [0.717, 1.165) is 14.9 Å². The lowest BCUT2D eigenvalue weighted by atomic mass is 10.1. The van der Waals surface area contributed by atoms with Crippen molar-refractivity contribution in [1.29, 1.82) is 0 Å². The van der Waals surface area contributed by atoms with Crippen LogP contribution in [0.1, 0.15) is 13.3 Å². The van der Waals surface area contributed by atoms with Crippen LogP contribution in [0.4, 0.5) is 5.69 Å². The van der Waals surface area contributed by atoms with E-state index in [-0.39, 0.29) is 17.7 Å². The predicted octanol–water partition coefficient (Wildman–Crippen LogP) is 2.50. The van der Waals surface area contributed by atoms with Gasteiger partial charge in [0.05, 0.1) is 5.92 Å². The summed E-state index contributed by atoms with van der Waals surface area (Å²) in [7, 11) is 0. The van der Waals surface area contributed by atoms with Gasteiger partial charge in [0, 0.05) is 30.1 Å². The summed E-state index contributed by atoms with van der Waals surface area (Å²) in [6, 6.07) is 7.57. The second-order valence-corrected chi connectivity index (χ2v) is 7.31. The van der Waals surface area contributed by atoms with Crippen LogP contribution < -0.4 is 5.32 Å². The molecule has 1 N–H and O–H groups in total. The van der Waals surface area contributed by atoms with Crippen molar-refractivity contribution in [2.24, 2.45) is 5.92 Å². The molecule has 6 nitrogen and oxygen atoms in total. The lowest BCUT2D eigenvalue weighted by Gasteiger charge is -2.13. The van der Waals surface area contributed by atoms with Crippen LogP contribution in [0.2, 0.25) is 0 Å². The molecule has 1 aliphatic heterocycles. The standard InChI is InChI=1S/C15H16N4O2S2/c1-2-19-8-10(7-13(19)20)14(21)17-11-3-5-12(6-4-11)23-15-18-16-9-22-15/h3-6,9-10H,2,7-8H2,1H3,(H,17,21)/t10-/m1/s1. The number of amides is 2. The maximum atomic E-state index is 12.3. The number of nitrogens with zero attached hydrogens (tertiary/aromatic N) is 3. The average molecular weight is 348 g/mol. The van der Waals surface area contributed by atoms with E-state index in [4.69, 9.17) is 0 Å². The van der Waals surface area contributed by atoms with Crippen molar-refractivity contribution in [2.75, 3.05) is 18.4 Å². The molecular formula is C15H16N4O2S2. The van der Waals surface area contributed by atoms with Crippen LogP contribution in [0.25, 0.3) is 0 Å². The van der Waals surface area contributed by atoms with Gasteiger partial charge in [0.2, 0.25) is 11.8 Å². The third-order valence-electron chi connectivity index (χ3n) is 3.63. The summed E-state index contributed by atoms with van der Waals surface area (Å²) < 4.78 is 0.880. The molecule has 0 spiro atoms. The van der Waals surface area contributed by atoms with Crippen molar-refractivity contribution in [3.8, 4) is 0 Å². The molecule has 3 rings (SSSR count). The predicted molar refractivity (Wildman–Crippen MR) is 89.5 cm³/mol. The van der Waals surface area contributed by atoms with Crippen LogP contribution in [-0.2, 0) is 9.59 Å². The Labute approximate surface area is 142 Å². The molecule has 0 aliphatic carbocycles. The molecule has 1 aromatic heterocycles. The van der Waals surface area contributed by atoms with Gasteiger partial charge in [0.25, 0.3) is 0 Å². The first-order chi connectivity index (χ1) is 11.2. The maximum Gasteiger partial charge on any atom is 0.229 e. The molecular weight excluding hydrogens is 332 g/mol. The summed E-state index contributed by atoms with van der Waals surface area (Å²) in [5, 5.41) is 10.7. The second kappa shape index (κ2) is 7.10. The zero-order valence-electron chi connectivity index (χ0n) is 12.6. The quantitative estimate of drug-likeness (QED) is 0.898. The number of carbonyl (C=O) groups is 2. The fourth-order valence-electron chi connectivity index (χ4n) is 2.41. The van der Waals surface area contributed by atoms with Crippen molar-refractivity contribution in [3.63, 3.8) is 0 Å². The van der Waals surface area contributed by atoms with Gasteiger partial charge in [-0.3, -0.25) is 9.59 Å². The van der Waals surface area contributed by atoms with Gasteiger partial charge in [-0.2, -0.15) is 0 Å². The highest BCUT2D eigenvalue weighted by atomic mass is 32.2. The van der Waals surface area contributed by atoms with Crippen LogP contribution in [0.5, 0.6) is 0 Å². The van der Waals surface area contributed by atoms with Crippen molar-refractivity contribution in [2.45, 2.75) is 22.6 Å². The van der Waals surface area contributed by atoms with Crippen LogP contribution >= 0.6 is 23.1 Å². The molecule has 1 aliphatic rings. The van der Waals surface area contributed by atoms with E-state index in [2.05, 4.69) is 15.5 Å². The first-order valence-electron chi connectivity index (χ1n) is 7.28. The van der Waals surface area contributed by atoms with E-state index in [0.29, 0.717) is 19.5 Å². The Balaban J connectivity index is 1.58. The van der Waals surface area contributed by atoms with Crippen LogP contribution in [-0.4, -0.2) is 40.0 Å². The van der Waals surface area contributed by atoms with Crippen molar-refractivity contribution < 1.29 is 9.59 Å². The molecule has 1 fully saturated rings. The first kappa shape index (κ1) is 15.9. The van der Waals surface area contributed by atoms with Gasteiger partial charge in [-0.05, 0) is 31.2 Å². The summed E-state index contributed by atoms with van der Waals surface area (Å²) in [4.78, 5) is 26.7. The van der Waals surface area contributed by atoms with Crippen molar-refractivity contribution in [3.05, 3.63) is 29.8 Å². The van der Waals surface area contributed by atoms with Gasteiger partial charge in [0.1, 0.15) is 5.51 Å². The van der Waals surface area contributed by atoms with E-state index in [9.17, 15) is 9.59 Å². The fourth-order valence-corrected chi connectivity index (χ4v) is 3.86. The normalized spacial score (nSPS) is 17.5. The molecule has 120 valence electrons. The molecule has 2 heterocycles. The highest BCUT2D eigenvalue weighted by Crippen LogP contribution is 2.29. The minimum Gasteiger partial charge on any atom is -0.342 e. The number of hydrogen-bond donors (Lipinski definition) is 1. The van der Waals surface area contributed by atoms with Crippen LogP contribution in [0, 0.1) is 5.92 Å². The largest absolute Gasteiger partial charge is 0.342 e. The summed E-state index contributed by atoms with van der Waals surface area (Å²) in [6.07, 6.45) is 0.296. The average Bonchev–Trinajstić information content (AvgIpc) is 3.18. The number of likely N-dealkylation sites (tertiary alicyclic amines) is 1. The molecule has 0 bridgehead atoms. The highest BCUT2D eigenvalue weighted by molar-refractivity contribution is 8.01. The molecule has 0 unspecified atom stereocenters. The van der Waals surface area contributed by atoms with Gasteiger partial charge in [-0.25, -0.2) is 0 Å². The SMILES string of the molecule is CCN1C[C@H](C(=O)Nc2ccc(Sc3nncs3)cc2)CC1=O. The Morgan fingerprint density at radius 3 is 2.83 bits per heavy atom. The van der Waals surface area contributed by atoms with E-state index in [1.54, 1.807) is 10.4 Å². The Bertz CT molecular complexity index is 688. The molecule has 0 saturated carbocycles. The second-order valence-electron chi connectivity index (χ2n) is 5.15. The third-order valence-corrected chi connectivity index (χ3v) is 5.42. The van der Waals surface area contributed by atoms with Gasteiger partial charge in [0.15, 0.2) is 4.34 Å². The molecule has 2 aromatic rings. The number of benzene rings is 1. The number of carbonyl (C=O) groups excluding carboxylic acids is 2. The monoisotopic (exact) mass is 348 g/mol. The number of aromatic nitrogens is 2. The van der Waals surface area contributed by atoms with E-state index < -0.39 is 0 Å². The van der Waals surface area contributed by atoms with E-state index >= 15 is 0 Å². The lowest BCUT2D eigenvalue weighted by molar-refractivity contribution is -0.128. The summed E-state index contributed by atoms with van der Waals surface area (Å²) in [5.41, 5.74) is 2.43. The third kappa shape index (κ3) is 3.89. The highest BCUT2D eigenvalue weighted by Gasteiger charge is 2.33. The molecule has 1 atom stereocenters. The van der Waals surface area contributed by atoms with E-state index in [1.807, 2.05) is 31.2 Å². The Hall–Kier alpha value is -1.93. The number of anilines is 1. The molecule has 1 saturated heterocycles. The molecule has 2 amide bonds. The molecule has 1 aromatic carbocycles. The van der Waals surface area contributed by atoms with Crippen molar-refractivity contribution >= 4 is 40.6 Å². The summed E-state index contributed by atoms with van der Waals surface area (Å²) in [5.74, 6) is -0.312. The van der Waals surface area contributed by atoms with Gasteiger partial charge in [-0.1, -0.05) is 23.1 Å². The minimum absolute atomic E-state index is 0.0523. The Morgan fingerprint density at radius 1 is 1.43 bits per heavy atom. The van der Waals surface area contributed by atoms with Crippen LogP contribution in [0.3, 0.4) is 0 Å². The Morgan fingerprint density at radius 2 is 2.22 bits per heavy atom. The van der Waals surface area contributed by atoms with Gasteiger partial charge >= 0.3 is 0 Å². The fraction of sp³-hybridized carbons (Fsp3) is 0.333. The zero-order valence-corrected chi connectivity index (χ0v) is 14.2. The number of nitrogens with one attached hydrogen (secondary N) is 1. The molecule has 8 heteroatoms. The van der Waals surface area contributed by atoms with Crippen molar-refractivity contribution in [1.82, 2.24) is 15.1 Å². The maximum absolute atomic E-state index is 12.3. The number of rotatable bonds is 5. The molecule has 23 heavy (non-hydrogen) atoms. The van der Waals surface area contributed by atoms with Gasteiger partial charge in [-0.15, -0.1) is 10.2 Å². The topological polar surface area (TPSA) is 75.2 Å². The van der Waals surface area contributed by atoms with Crippen LogP contribution in [0.15, 0.2) is 39.0 Å². The first-order valence-corrected chi connectivity index (χ1v) is 8.98.